The zero-order valence-corrected chi connectivity index (χ0v) is 13.5. The van der Waals surface area contributed by atoms with Gasteiger partial charge >= 0.3 is 0 Å². The third-order valence-corrected chi connectivity index (χ3v) is 4.13. The van der Waals surface area contributed by atoms with E-state index in [1.807, 2.05) is 19.1 Å². The van der Waals surface area contributed by atoms with Crippen LogP contribution in [0.4, 0.5) is 0 Å². The maximum absolute atomic E-state index is 9.21. The first-order valence-electron chi connectivity index (χ1n) is 7.89. The van der Waals surface area contributed by atoms with E-state index in [9.17, 15) is 5.26 Å². The number of hydrogen-bond donors (Lipinski definition) is 1. The van der Waals surface area contributed by atoms with E-state index in [1.54, 1.807) is 0 Å². The molecule has 0 spiro atoms. The van der Waals surface area contributed by atoms with E-state index in [0.717, 1.165) is 41.0 Å². The Kier molecular flexibility index (Phi) is 4.14. The van der Waals surface area contributed by atoms with Gasteiger partial charge in [0.05, 0.1) is 22.7 Å². The predicted molar refractivity (Wildman–Crippen MR) is 92.7 cm³/mol. The van der Waals surface area contributed by atoms with Crippen LogP contribution in [-0.2, 0) is 12.8 Å². The summed E-state index contributed by atoms with van der Waals surface area (Å²) in [6, 6.07) is 14.6. The minimum absolute atomic E-state index is 0.656. The van der Waals surface area contributed by atoms with Crippen molar-refractivity contribution >= 4 is 11.0 Å². The molecule has 2 N–H and O–H groups in total. The van der Waals surface area contributed by atoms with Crippen LogP contribution in [0, 0.1) is 18.3 Å². The van der Waals surface area contributed by atoms with Crippen LogP contribution >= 0.6 is 0 Å². The Hall–Kier alpha value is -2.64. The van der Waals surface area contributed by atoms with Gasteiger partial charge in [0.25, 0.3) is 0 Å². The zero-order chi connectivity index (χ0) is 16.4. The van der Waals surface area contributed by atoms with Gasteiger partial charge in [0.1, 0.15) is 5.82 Å². The van der Waals surface area contributed by atoms with Crippen LogP contribution < -0.4 is 5.73 Å². The summed E-state index contributed by atoms with van der Waals surface area (Å²) in [6.45, 7) is 4.72. The molecule has 4 heteroatoms. The number of aryl methyl sites for hydroxylation is 2. The molecule has 0 aliphatic carbocycles. The van der Waals surface area contributed by atoms with Crippen molar-refractivity contribution in [3.05, 3.63) is 58.9 Å². The second-order valence-electron chi connectivity index (χ2n) is 5.69. The molecule has 0 fully saturated rings. The monoisotopic (exact) mass is 304 g/mol. The fraction of sp³-hybridized carbons (Fsp3) is 0.263. The van der Waals surface area contributed by atoms with E-state index >= 15 is 0 Å². The average molecular weight is 304 g/mol. The molecular weight excluding hydrogens is 284 g/mol. The number of nitrogens with zero attached hydrogens (tertiary/aromatic N) is 3. The Morgan fingerprint density at radius 2 is 1.96 bits per heavy atom. The van der Waals surface area contributed by atoms with Gasteiger partial charge in [0.15, 0.2) is 0 Å². The molecule has 4 nitrogen and oxygen atoms in total. The molecule has 3 aromatic rings. The van der Waals surface area contributed by atoms with Gasteiger partial charge in [-0.1, -0.05) is 19.1 Å². The second kappa shape index (κ2) is 6.23. The molecule has 23 heavy (non-hydrogen) atoms. The quantitative estimate of drug-likeness (QED) is 0.804. The van der Waals surface area contributed by atoms with Crippen molar-refractivity contribution in [3.63, 3.8) is 0 Å². The smallest absolute Gasteiger partial charge is 0.114 e. The van der Waals surface area contributed by atoms with E-state index in [2.05, 4.69) is 41.8 Å². The van der Waals surface area contributed by atoms with Crippen LogP contribution in [-0.4, -0.2) is 16.1 Å². The molecule has 0 aliphatic rings. The summed E-state index contributed by atoms with van der Waals surface area (Å²) >= 11 is 0. The van der Waals surface area contributed by atoms with Gasteiger partial charge in [0.2, 0.25) is 0 Å². The fourth-order valence-corrected chi connectivity index (χ4v) is 2.90. The van der Waals surface area contributed by atoms with Crippen molar-refractivity contribution in [2.75, 3.05) is 6.54 Å². The lowest BCUT2D eigenvalue weighted by Crippen LogP contribution is -2.04. The van der Waals surface area contributed by atoms with Crippen molar-refractivity contribution in [2.45, 2.75) is 26.7 Å². The summed E-state index contributed by atoms with van der Waals surface area (Å²) in [7, 11) is 0. The van der Waals surface area contributed by atoms with E-state index in [1.165, 1.54) is 5.56 Å². The largest absolute Gasteiger partial charge is 0.330 e. The Morgan fingerprint density at radius 3 is 2.57 bits per heavy atom. The first-order chi connectivity index (χ1) is 11.2. The number of nitriles is 1. The number of rotatable bonds is 4. The van der Waals surface area contributed by atoms with Crippen LogP contribution in [0.5, 0.6) is 0 Å². The lowest BCUT2D eigenvalue weighted by Gasteiger charge is -2.10. The molecule has 0 aliphatic heterocycles. The Morgan fingerprint density at radius 1 is 1.22 bits per heavy atom. The average Bonchev–Trinajstić information content (AvgIpc) is 2.92. The second-order valence-corrected chi connectivity index (χ2v) is 5.69. The molecule has 2 aromatic carbocycles. The SMILES string of the molecule is CCc1nc2cc(C#N)c(C)cc2n1-c1ccc(CCN)cc1. The molecule has 0 unspecified atom stereocenters. The van der Waals surface area contributed by atoms with Crippen LogP contribution in [0.1, 0.15) is 29.4 Å². The molecule has 1 heterocycles. The summed E-state index contributed by atoms with van der Waals surface area (Å²) in [5.74, 6) is 1.00. The summed E-state index contributed by atoms with van der Waals surface area (Å²) in [4.78, 5) is 4.71. The van der Waals surface area contributed by atoms with Crippen molar-refractivity contribution in [2.24, 2.45) is 5.73 Å². The molecular formula is C19H20N4. The highest BCUT2D eigenvalue weighted by molar-refractivity contribution is 5.81. The first kappa shape index (κ1) is 15.3. The molecule has 0 amide bonds. The lowest BCUT2D eigenvalue weighted by molar-refractivity contribution is 0.905. The number of aromatic nitrogens is 2. The maximum Gasteiger partial charge on any atom is 0.114 e. The molecule has 0 bridgehead atoms. The molecule has 0 radical (unpaired) electrons. The summed E-state index contributed by atoms with van der Waals surface area (Å²) in [6.07, 6.45) is 1.72. The summed E-state index contributed by atoms with van der Waals surface area (Å²) in [5, 5.41) is 9.21. The van der Waals surface area contributed by atoms with Gasteiger partial charge in [-0.05, 0) is 55.3 Å². The highest BCUT2D eigenvalue weighted by atomic mass is 15.1. The first-order valence-corrected chi connectivity index (χ1v) is 7.89. The zero-order valence-electron chi connectivity index (χ0n) is 13.5. The summed E-state index contributed by atoms with van der Waals surface area (Å²) < 4.78 is 2.18. The Bertz CT molecular complexity index is 882. The summed E-state index contributed by atoms with van der Waals surface area (Å²) in [5.41, 5.74) is 11.5. The topological polar surface area (TPSA) is 67.6 Å². The lowest BCUT2D eigenvalue weighted by atomic mass is 10.1. The molecule has 116 valence electrons. The Labute approximate surface area is 136 Å². The number of nitrogens with two attached hydrogens (primary N) is 1. The van der Waals surface area contributed by atoms with Crippen molar-refractivity contribution in [1.29, 1.82) is 5.26 Å². The van der Waals surface area contributed by atoms with E-state index in [0.29, 0.717) is 12.1 Å². The highest BCUT2D eigenvalue weighted by Crippen LogP contribution is 2.25. The van der Waals surface area contributed by atoms with E-state index in [4.69, 9.17) is 10.7 Å². The molecule has 3 rings (SSSR count). The molecule has 0 atom stereocenters. The van der Waals surface area contributed by atoms with Crippen molar-refractivity contribution in [3.8, 4) is 11.8 Å². The maximum atomic E-state index is 9.21. The number of fused-ring (bicyclic) bond motifs is 1. The van der Waals surface area contributed by atoms with Gasteiger partial charge in [0, 0.05) is 12.1 Å². The minimum atomic E-state index is 0.656. The third kappa shape index (κ3) is 2.71. The fourth-order valence-electron chi connectivity index (χ4n) is 2.90. The molecule has 0 saturated heterocycles. The predicted octanol–water partition coefficient (Wildman–Crippen LogP) is 3.27. The van der Waals surface area contributed by atoms with Gasteiger partial charge < -0.3 is 5.73 Å². The van der Waals surface area contributed by atoms with Gasteiger partial charge in [-0.25, -0.2) is 4.98 Å². The van der Waals surface area contributed by atoms with E-state index in [-0.39, 0.29) is 0 Å². The molecule has 0 saturated carbocycles. The van der Waals surface area contributed by atoms with Gasteiger partial charge in [-0.15, -0.1) is 0 Å². The standard InChI is InChI=1S/C19H20N4/c1-3-19-22-17-11-15(12-21)13(2)10-18(17)23(19)16-6-4-14(5-7-16)8-9-20/h4-7,10-11H,3,8-9,20H2,1-2H3. The normalized spacial score (nSPS) is 10.9. The van der Waals surface area contributed by atoms with Crippen LogP contribution in [0.25, 0.3) is 16.7 Å². The van der Waals surface area contributed by atoms with Crippen LogP contribution in [0.3, 0.4) is 0 Å². The number of imidazole rings is 1. The van der Waals surface area contributed by atoms with Crippen LogP contribution in [0.15, 0.2) is 36.4 Å². The number of benzene rings is 2. The molecule has 1 aromatic heterocycles. The van der Waals surface area contributed by atoms with Crippen LogP contribution in [0.2, 0.25) is 0 Å². The third-order valence-electron chi connectivity index (χ3n) is 4.13. The van der Waals surface area contributed by atoms with Gasteiger partial charge in [-0.3, -0.25) is 4.57 Å². The number of hydrogen-bond acceptors (Lipinski definition) is 3. The van der Waals surface area contributed by atoms with E-state index < -0.39 is 0 Å². The Balaban J connectivity index is 2.19. The van der Waals surface area contributed by atoms with Crippen molar-refractivity contribution < 1.29 is 0 Å². The van der Waals surface area contributed by atoms with Crippen molar-refractivity contribution in [1.82, 2.24) is 9.55 Å². The van der Waals surface area contributed by atoms with Gasteiger partial charge in [-0.2, -0.15) is 5.26 Å². The minimum Gasteiger partial charge on any atom is -0.330 e. The highest BCUT2D eigenvalue weighted by Gasteiger charge is 2.13.